The van der Waals surface area contributed by atoms with Crippen molar-refractivity contribution in [2.24, 2.45) is 17.3 Å². The minimum Gasteiger partial charge on any atom is -0.457 e. The van der Waals surface area contributed by atoms with Crippen LogP contribution >= 0.6 is 11.6 Å². The van der Waals surface area contributed by atoms with Gasteiger partial charge in [0.05, 0.1) is 5.92 Å². The normalized spacial score (nSPS) is 21.0. The molecular formula is C23H19ClF3NO3. The van der Waals surface area contributed by atoms with Gasteiger partial charge >= 0.3 is 12.1 Å². The number of para-hydroxylation sites is 1. The number of ether oxygens (including phenoxy) is 2. The standard InChI is InChI=1S/C23H19ClF3NO3/c1-22(2)17(12-19(24)23(25,26)27)20(22)21(29)31-18(13-28)14-7-6-10-16(11-14)30-15-8-4-3-5-9-15/h3-12,17-18,20H,1-2H3/b19-12-/t17?,18-,20+/m1/s1. The quantitative estimate of drug-likeness (QED) is 0.469. The molecule has 0 spiro atoms. The zero-order valence-electron chi connectivity index (χ0n) is 16.7. The van der Waals surface area contributed by atoms with Crippen LogP contribution in [0.2, 0.25) is 0 Å². The molecule has 1 unspecified atom stereocenters. The third-order valence-electron chi connectivity index (χ3n) is 5.25. The molecule has 0 amide bonds. The van der Waals surface area contributed by atoms with Crippen molar-refractivity contribution in [3.05, 3.63) is 71.3 Å². The predicted octanol–water partition coefficient (Wildman–Crippen LogP) is 6.54. The van der Waals surface area contributed by atoms with Gasteiger partial charge in [-0.1, -0.05) is 61.9 Å². The van der Waals surface area contributed by atoms with Crippen LogP contribution in [0.4, 0.5) is 13.2 Å². The van der Waals surface area contributed by atoms with Gasteiger partial charge in [-0.05, 0) is 35.6 Å². The Balaban J connectivity index is 1.72. The fourth-order valence-corrected chi connectivity index (χ4v) is 3.55. The first-order valence-electron chi connectivity index (χ1n) is 9.41. The monoisotopic (exact) mass is 449 g/mol. The van der Waals surface area contributed by atoms with Crippen LogP contribution in [0.1, 0.15) is 25.5 Å². The molecular weight excluding hydrogens is 431 g/mol. The van der Waals surface area contributed by atoms with Gasteiger partial charge in [0, 0.05) is 5.56 Å². The first-order valence-corrected chi connectivity index (χ1v) is 9.79. The third-order valence-corrected chi connectivity index (χ3v) is 5.59. The molecule has 0 heterocycles. The number of rotatable bonds is 6. The Kier molecular flexibility index (Phi) is 6.33. The van der Waals surface area contributed by atoms with Gasteiger partial charge in [0.2, 0.25) is 6.10 Å². The number of alkyl halides is 3. The minimum absolute atomic E-state index is 0.392. The number of benzene rings is 2. The van der Waals surface area contributed by atoms with E-state index in [1.807, 2.05) is 24.3 Å². The highest BCUT2D eigenvalue weighted by molar-refractivity contribution is 6.30. The summed E-state index contributed by atoms with van der Waals surface area (Å²) in [6.07, 6.45) is -5.07. The van der Waals surface area contributed by atoms with Crippen molar-refractivity contribution >= 4 is 17.6 Å². The highest BCUT2D eigenvalue weighted by atomic mass is 35.5. The van der Waals surface area contributed by atoms with Crippen LogP contribution in [-0.2, 0) is 9.53 Å². The van der Waals surface area contributed by atoms with Crippen LogP contribution in [0.3, 0.4) is 0 Å². The van der Waals surface area contributed by atoms with E-state index >= 15 is 0 Å². The molecule has 0 N–H and O–H groups in total. The Labute approximate surface area is 182 Å². The zero-order valence-corrected chi connectivity index (χ0v) is 17.4. The van der Waals surface area contributed by atoms with Crippen LogP contribution in [0.15, 0.2) is 65.7 Å². The molecule has 0 aromatic heterocycles. The minimum atomic E-state index is -4.68. The number of nitriles is 1. The second-order valence-corrected chi connectivity index (χ2v) is 8.18. The van der Waals surface area contributed by atoms with Crippen LogP contribution in [0, 0.1) is 28.6 Å². The van der Waals surface area contributed by atoms with E-state index in [2.05, 4.69) is 0 Å². The summed E-state index contributed by atoms with van der Waals surface area (Å²) in [5.41, 5.74) is -0.371. The summed E-state index contributed by atoms with van der Waals surface area (Å²) in [6, 6.07) is 17.4. The van der Waals surface area contributed by atoms with Crippen LogP contribution < -0.4 is 4.74 Å². The molecule has 3 rings (SSSR count). The zero-order chi connectivity index (χ0) is 22.8. The van der Waals surface area contributed by atoms with Gasteiger partial charge in [-0.2, -0.15) is 18.4 Å². The van der Waals surface area contributed by atoms with Crippen molar-refractivity contribution in [3.8, 4) is 17.6 Å². The summed E-state index contributed by atoms with van der Waals surface area (Å²) in [7, 11) is 0. The molecule has 4 nitrogen and oxygen atoms in total. The lowest BCUT2D eigenvalue weighted by molar-refractivity contribution is -0.149. The summed E-state index contributed by atoms with van der Waals surface area (Å²) in [5, 5.41) is 8.23. The summed E-state index contributed by atoms with van der Waals surface area (Å²) in [4.78, 5) is 12.6. The second-order valence-electron chi connectivity index (χ2n) is 7.77. The number of carbonyl (C=O) groups excluding carboxylic acids is 1. The molecule has 0 bridgehead atoms. The maximum absolute atomic E-state index is 12.7. The number of esters is 1. The molecule has 0 radical (unpaired) electrons. The first-order chi connectivity index (χ1) is 14.5. The van der Waals surface area contributed by atoms with Gasteiger partial charge in [-0.15, -0.1) is 0 Å². The Morgan fingerprint density at radius 1 is 1.16 bits per heavy atom. The van der Waals surface area contributed by atoms with Crippen LogP contribution in [0.25, 0.3) is 0 Å². The molecule has 31 heavy (non-hydrogen) atoms. The number of halogens is 4. The molecule has 1 aliphatic carbocycles. The van der Waals surface area contributed by atoms with Gasteiger partial charge in [0.15, 0.2) is 0 Å². The molecule has 162 valence electrons. The molecule has 1 fully saturated rings. The Morgan fingerprint density at radius 2 is 1.81 bits per heavy atom. The van der Waals surface area contributed by atoms with E-state index in [-0.39, 0.29) is 0 Å². The molecule has 2 aromatic rings. The highest BCUT2D eigenvalue weighted by Gasteiger charge is 2.62. The summed E-state index contributed by atoms with van der Waals surface area (Å²) in [6.45, 7) is 3.30. The van der Waals surface area contributed by atoms with E-state index in [0.717, 1.165) is 6.08 Å². The van der Waals surface area contributed by atoms with E-state index < -0.39 is 40.5 Å². The lowest BCUT2D eigenvalue weighted by atomic mass is 10.1. The number of hydrogen-bond acceptors (Lipinski definition) is 4. The fraction of sp³-hybridized carbons (Fsp3) is 0.304. The summed E-state index contributed by atoms with van der Waals surface area (Å²) >= 11 is 5.32. The van der Waals surface area contributed by atoms with E-state index in [9.17, 15) is 23.2 Å². The van der Waals surface area contributed by atoms with Crippen molar-refractivity contribution in [2.75, 3.05) is 0 Å². The van der Waals surface area contributed by atoms with Gasteiger partial charge < -0.3 is 9.47 Å². The number of hydrogen-bond donors (Lipinski definition) is 0. The average Bonchev–Trinajstić information content (AvgIpc) is 3.26. The van der Waals surface area contributed by atoms with Crippen LogP contribution in [0.5, 0.6) is 11.5 Å². The van der Waals surface area contributed by atoms with Gasteiger partial charge in [0.1, 0.15) is 22.6 Å². The topological polar surface area (TPSA) is 59.3 Å². The second kappa shape index (κ2) is 8.64. The van der Waals surface area contributed by atoms with Crippen molar-refractivity contribution < 1.29 is 27.4 Å². The van der Waals surface area contributed by atoms with Gasteiger partial charge in [-0.25, -0.2) is 0 Å². The predicted molar refractivity (Wildman–Crippen MR) is 108 cm³/mol. The lowest BCUT2D eigenvalue weighted by Gasteiger charge is -2.13. The van der Waals surface area contributed by atoms with Gasteiger partial charge in [-0.3, -0.25) is 4.79 Å². The maximum Gasteiger partial charge on any atom is 0.426 e. The van der Waals surface area contributed by atoms with Gasteiger partial charge in [0.25, 0.3) is 0 Å². The summed E-state index contributed by atoms with van der Waals surface area (Å²) < 4.78 is 49.2. The number of nitrogens with zero attached hydrogens (tertiary/aromatic N) is 1. The molecule has 0 aliphatic heterocycles. The van der Waals surface area contributed by atoms with E-state index in [0.29, 0.717) is 17.1 Å². The fourth-order valence-electron chi connectivity index (χ4n) is 3.42. The Bertz CT molecular complexity index is 1030. The lowest BCUT2D eigenvalue weighted by Crippen LogP contribution is -2.14. The van der Waals surface area contributed by atoms with E-state index in [4.69, 9.17) is 21.1 Å². The Morgan fingerprint density at radius 3 is 2.42 bits per heavy atom. The molecule has 1 aliphatic rings. The van der Waals surface area contributed by atoms with Crippen molar-refractivity contribution in [1.82, 2.24) is 0 Å². The number of carbonyl (C=O) groups is 1. The molecule has 2 aromatic carbocycles. The smallest absolute Gasteiger partial charge is 0.426 e. The van der Waals surface area contributed by atoms with E-state index in [1.165, 1.54) is 0 Å². The summed E-state index contributed by atoms with van der Waals surface area (Å²) in [5.74, 6) is -1.27. The van der Waals surface area contributed by atoms with Crippen molar-refractivity contribution in [1.29, 1.82) is 5.26 Å². The Hall–Kier alpha value is -2.98. The van der Waals surface area contributed by atoms with E-state index in [1.54, 1.807) is 50.2 Å². The van der Waals surface area contributed by atoms with Crippen molar-refractivity contribution in [2.45, 2.75) is 26.1 Å². The molecule has 3 atom stereocenters. The van der Waals surface area contributed by atoms with Crippen LogP contribution in [-0.4, -0.2) is 12.1 Å². The highest BCUT2D eigenvalue weighted by Crippen LogP contribution is 2.60. The van der Waals surface area contributed by atoms with Crippen molar-refractivity contribution in [3.63, 3.8) is 0 Å². The SMILES string of the molecule is CC1(C)C(/C=C(\Cl)C(F)(F)F)[C@H]1C(=O)O[C@H](C#N)c1cccc(Oc2ccccc2)c1. The molecule has 0 saturated heterocycles. The third kappa shape index (κ3) is 5.20. The molecule has 1 saturated carbocycles. The first kappa shape index (κ1) is 22.7. The average molecular weight is 450 g/mol. The number of allylic oxidation sites excluding steroid dienone is 2. The molecule has 8 heteroatoms. The largest absolute Gasteiger partial charge is 0.457 e. The maximum atomic E-state index is 12.7.